The molecule has 1 heterocycles. The van der Waals surface area contributed by atoms with Crippen LogP contribution in [0.25, 0.3) is 11.1 Å². The molecule has 0 unspecified atom stereocenters. The van der Waals surface area contributed by atoms with Crippen molar-refractivity contribution in [2.24, 2.45) is 0 Å². The van der Waals surface area contributed by atoms with Crippen molar-refractivity contribution in [3.63, 3.8) is 0 Å². The van der Waals surface area contributed by atoms with Crippen LogP contribution in [0.4, 0.5) is 10.1 Å². The average Bonchev–Trinajstić information content (AvgIpc) is 3.25. The van der Waals surface area contributed by atoms with Gasteiger partial charge in [0.05, 0.1) is 18.2 Å². The van der Waals surface area contributed by atoms with Crippen LogP contribution in [0.2, 0.25) is 0 Å². The quantitative estimate of drug-likeness (QED) is 0.193. The molecule has 0 saturated carbocycles. The summed E-state index contributed by atoms with van der Waals surface area (Å²) >= 11 is 5.76. The van der Waals surface area contributed by atoms with Crippen molar-refractivity contribution >= 4 is 23.0 Å². The molecule has 0 aromatic heterocycles. The Balaban J connectivity index is 1.38. The summed E-state index contributed by atoms with van der Waals surface area (Å²) in [5, 5.41) is 35.2. The van der Waals surface area contributed by atoms with E-state index in [9.17, 15) is 19.7 Å². The van der Waals surface area contributed by atoms with E-state index in [1.165, 1.54) is 18.2 Å². The Labute approximate surface area is 226 Å². The van der Waals surface area contributed by atoms with E-state index in [0.29, 0.717) is 35.5 Å². The van der Waals surface area contributed by atoms with E-state index in [1.54, 1.807) is 24.3 Å². The summed E-state index contributed by atoms with van der Waals surface area (Å²) in [6.45, 7) is 0. The number of aliphatic hydroxyl groups is 1. The zero-order valence-corrected chi connectivity index (χ0v) is 21.5. The van der Waals surface area contributed by atoms with Crippen LogP contribution in [0.1, 0.15) is 42.5 Å². The number of benzene rings is 4. The molecule has 3 atom stereocenters. The van der Waals surface area contributed by atoms with Crippen LogP contribution in [0, 0.1) is 5.82 Å². The number of rotatable bonds is 8. The molecule has 0 aliphatic carbocycles. The number of phenolic OH excluding ortho intramolecular Hbond substituents is 2. The minimum atomic E-state index is -0.703. The lowest BCUT2D eigenvalue weighted by molar-refractivity contribution is 0.162. The number of hydrogen-bond donors (Lipinski definition) is 4. The highest BCUT2D eigenvalue weighted by molar-refractivity contribution is 7.80. The molecule has 0 amide bonds. The number of thiocarbonyl (C=S) groups is 1. The molecular weight excluding hydrogens is 499 g/mol. The lowest BCUT2D eigenvalue weighted by Gasteiger charge is -2.29. The lowest BCUT2D eigenvalue weighted by atomic mass is 9.93. The number of aliphatic hydroxyl groups excluding tert-OH is 1. The predicted molar refractivity (Wildman–Crippen MR) is 152 cm³/mol. The van der Waals surface area contributed by atoms with Crippen molar-refractivity contribution in [3.8, 4) is 22.6 Å². The Kier molecular flexibility index (Phi) is 7.58. The van der Waals surface area contributed by atoms with Gasteiger partial charge in [0.1, 0.15) is 17.3 Å². The number of aromatic hydroxyl groups is 2. The van der Waals surface area contributed by atoms with Crippen LogP contribution in [0.15, 0.2) is 97.1 Å². The first kappa shape index (κ1) is 25.7. The van der Waals surface area contributed by atoms with E-state index < -0.39 is 6.10 Å². The summed E-state index contributed by atoms with van der Waals surface area (Å²) in [4.78, 5) is 2.00. The largest absolute Gasteiger partial charge is 0.508 e. The van der Waals surface area contributed by atoms with Crippen molar-refractivity contribution in [1.29, 1.82) is 0 Å². The topological polar surface area (TPSA) is 76.0 Å². The zero-order valence-electron chi connectivity index (χ0n) is 20.7. The lowest BCUT2D eigenvalue weighted by Crippen LogP contribution is -2.29. The van der Waals surface area contributed by atoms with E-state index >= 15 is 0 Å². The van der Waals surface area contributed by atoms with Gasteiger partial charge in [0.2, 0.25) is 0 Å². The molecule has 0 bridgehead atoms. The predicted octanol–water partition coefficient (Wildman–Crippen LogP) is 6.61. The van der Waals surface area contributed by atoms with E-state index in [4.69, 9.17) is 12.2 Å². The minimum Gasteiger partial charge on any atom is -0.508 e. The summed E-state index contributed by atoms with van der Waals surface area (Å²) < 4.78 is 13.2. The third-order valence-electron chi connectivity index (χ3n) is 7.02. The molecule has 194 valence electrons. The molecule has 1 aliphatic heterocycles. The molecule has 0 spiro atoms. The molecule has 4 N–H and O–H groups in total. The van der Waals surface area contributed by atoms with Gasteiger partial charge in [-0.2, -0.15) is 0 Å². The highest BCUT2D eigenvalue weighted by Crippen LogP contribution is 2.41. The van der Waals surface area contributed by atoms with Gasteiger partial charge >= 0.3 is 0 Å². The maximum absolute atomic E-state index is 13.2. The average molecular weight is 529 g/mol. The number of phenols is 2. The third-order valence-corrected chi connectivity index (χ3v) is 7.33. The first-order chi connectivity index (χ1) is 18.4. The van der Waals surface area contributed by atoms with Gasteiger partial charge in [-0.25, -0.2) is 4.39 Å². The third kappa shape index (κ3) is 5.49. The first-order valence-electron chi connectivity index (χ1n) is 12.6. The fourth-order valence-electron chi connectivity index (χ4n) is 5.09. The molecule has 38 heavy (non-hydrogen) atoms. The van der Waals surface area contributed by atoms with Gasteiger partial charge in [0.15, 0.2) is 5.11 Å². The van der Waals surface area contributed by atoms with Crippen LogP contribution in [0.3, 0.4) is 0 Å². The molecule has 5 rings (SSSR count). The second-order valence-electron chi connectivity index (χ2n) is 9.53. The van der Waals surface area contributed by atoms with Gasteiger partial charge < -0.3 is 25.5 Å². The van der Waals surface area contributed by atoms with Gasteiger partial charge in [0.25, 0.3) is 0 Å². The van der Waals surface area contributed by atoms with Crippen LogP contribution in [-0.2, 0) is 0 Å². The Hall–Kier alpha value is -3.94. The minimum absolute atomic E-state index is 0.0104. The summed E-state index contributed by atoms with van der Waals surface area (Å²) in [7, 11) is 0. The highest BCUT2D eigenvalue weighted by atomic mass is 32.1. The number of anilines is 1. The van der Waals surface area contributed by atoms with Crippen molar-refractivity contribution in [2.75, 3.05) is 4.90 Å². The maximum atomic E-state index is 13.2. The molecule has 4 aromatic carbocycles. The first-order valence-corrected chi connectivity index (χ1v) is 13.0. The van der Waals surface area contributed by atoms with Gasteiger partial charge in [-0.15, -0.1) is 0 Å². The molecule has 4 aromatic rings. The molecule has 5 nitrogen and oxygen atoms in total. The number of halogens is 1. The monoisotopic (exact) mass is 528 g/mol. The Bertz CT molecular complexity index is 1400. The van der Waals surface area contributed by atoms with Crippen molar-refractivity contribution in [3.05, 3.63) is 114 Å². The molecule has 7 heteroatoms. The van der Waals surface area contributed by atoms with Crippen LogP contribution < -0.4 is 10.2 Å². The number of nitrogens with zero attached hydrogens (tertiary/aromatic N) is 1. The van der Waals surface area contributed by atoms with E-state index in [2.05, 4.69) is 17.4 Å². The summed E-state index contributed by atoms with van der Waals surface area (Å²) in [5.41, 5.74) is 4.41. The molecular formula is C31H29FN2O3S. The Morgan fingerprint density at radius 1 is 0.868 bits per heavy atom. The second-order valence-corrected chi connectivity index (χ2v) is 9.91. The molecule has 0 radical (unpaired) electrons. The fraction of sp³-hybridized carbons (Fsp3) is 0.194. The SMILES string of the molecule is Oc1ccc([C@@H]2[C@@H](CCC[C@@H](O)c3ccc(F)cc3)NC(=S)N2c2ccc(-c3ccccc3)cc2)c(O)c1. The summed E-state index contributed by atoms with van der Waals surface area (Å²) in [5.74, 6) is -0.362. The normalized spacial score (nSPS) is 17.8. The molecule has 1 aliphatic rings. The van der Waals surface area contributed by atoms with E-state index in [0.717, 1.165) is 16.8 Å². The van der Waals surface area contributed by atoms with Crippen LogP contribution >= 0.6 is 12.2 Å². The van der Waals surface area contributed by atoms with Gasteiger partial charge in [-0.1, -0.05) is 54.6 Å². The van der Waals surface area contributed by atoms with Gasteiger partial charge in [-0.05, 0) is 84.6 Å². The highest BCUT2D eigenvalue weighted by Gasteiger charge is 2.40. The van der Waals surface area contributed by atoms with Crippen LogP contribution in [-0.4, -0.2) is 26.5 Å². The van der Waals surface area contributed by atoms with E-state index in [-0.39, 0.29) is 29.4 Å². The molecule has 1 saturated heterocycles. The smallest absolute Gasteiger partial charge is 0.174 e. The van der Waals surface area contributed by atoms with E-state index in [1.807, 2.05) is 47.4 Å². The summed E-state index contributed by atoms with van der Waals surface area (Å²) in [6, 6.07) is 28.3. The van der Waals surface area contributed by atoms with Crippen molar-refractivity contribution in [2.45, 2.75) is 37.5 Å². The second kappa shape index (κ2) is 11.2. The van der Waals surface area contributed by atoms with Crippen molar-refractivity contribution in [1.82, 2.24) is 5.32 Å². The fourth-order valence-corrected chi connectivity index (χ4v) is 5.46. The maximum Gasteiger partial charge on any atom is 0.174 e. The number of nitrogens with one attached hydrogen (secondary N) is 1. The standard InChI is InChI=1S/C31H29FN2O3S/c32-23-13-9-22(10-14-23)28(36)8-4-7-27-30(26-18-17-25(35)19-29(26)37)34(31(38)33-27)24-15-11-21(12-16-24)20-5-2-1-3-6-20/h1-3,5-6,9-19,27-28,30,35-37H,4,7-8H2,(H,33,38)/t27-,28-,30-/m1/s1. The van der Waals surface area contributed by atoms with Gasteiger partial charge in [0, 0.05) is 17.3 Å². The van der Waals surface area contributed by atoms with Gasteiger partial charge in [-0.3, -0.25) is 0 Å². The summed E-state index contributed by atoms with van der Waals surface area (Å²) in [6.07, 6.45) is 1.14. The van der Waals surface area contributed by atoms with Crippen molar-refractivity contribution < 1.29 is 19.7 Å². The molecule has 1 fully saturated rings. The Morgan fingerprint density at radius 2 is 1.55 bits per heavy atom. The van der Waals surface area contributed by atoms with Crippen LogP contribution in [0.5, 0.6) is 11.5 Å². The Morgan fingerprint density at radius 3 is 2.24 bits per heavy atom. The number of hydrogen-bond acceptors (Lipinski definition) is 4. The zero-order chi connectivity index (χ0) is 26.6.